The van der Waals surface area contributed by atoms with Gasteiger partial charge in [-0.05, 0) is 21.6 Å². The molecule has 2 heterocycles. The molecule has 2 aromatic heterocycles. The zero-order valence-corrected chi connectivity index (χ0v) is 15.5. The lowest BCUT2D eigenvalue weighted by Crippen LogP contribution is -2.32. The summed E-state index contributed by atoms with van der Waals surface area (Å²) in [5.41, 5.74) is 12.7. The van der Waals surface area contributed by atoms with E-state index in [1.807, 2.05) is 23.2 Å². The standard InChI is InChI=1S/C14H20N6O3S2/c1-19-6-17-10(3-8(15)5-21)12(19)24-25-13-11(18-7-20(13)2)4-9(16)14(22)23/h5-9H,3-4,15-16H2,1-2H3,(H,22,23). The van der Waals surface area contributed by atoms with Gasteiger partial charge in [0.05, 0.1) is 30.1 Å². The van der Waals surface area contributed by atoms with Crippen molar-refractivity contribution in [3.63, 3.8) is 0 Å². The number of aromatic nitrogens is 4. The predicted octanol–water partition coefficient (Wildman–Crippen LogP) is -0.0239. The number of aryl methyl sites for hydroxylation is 2. The largest absolute Gasteiger partial charge is 0.480 e. The molecule has 2 atom stereocenters. The van der Waals surface area contributed by atoms with Gasteiger partial charge in [-0.1, -0.05) is 0 Å². The van der Waals surface area contributed by atoms with Gasteiger partial charge in [-0.15, -0.1) is 0 Å². The summed E-state index contributed by atoms with van der Waals surface area (Å²) in [6.45, 7) is 0. The topological polar surface area (TPSA) is 142 Å². The summed E-state index contributed by atoms with van der Waals surface area (Å²) in [6, 6.07) is -1.60. The fourth-order valence-electron chi connectivity index (χ4n) is 2.07. The minimum absolute atomic E-state index is 0.146. The molecule has 0 saturated carbocycles. The fraction of sp³-hybridized carbons (Fsp3) is 0.429. The Kier molecular flexibility index (Phi) is 6.64. The van der Waals surface area contributed by atoms with Crippen molar-refractivity contribution in [2.75, 3.05) is 0 Å². The number of aliphatic carboxylic acids is 1. The van der Waals surface area contributed by atoms with Crippen LogP contribution in [-0.2, 0) is 36.5 Å². The van der Waals surface area contributed by atoms with Gasteiger partial charge >= 0.3 is 5.97 Å². The van der Waals surface area contributed by atoms with E-state index in [1.165, 1.54) is 21.6 Å². The van der Waals surface area contributed by atoms with Crippen molar-refractivity contribution >= 4 is 33.8 Å². The summed E-state index contributed by atoms with van der Waals surface area (Å²) in [6.07, 6.45) is 4.49. The molecule has 0 fully saturated rings. The molecule has 9 nitrogen and oxygen atoms in total. The number of carboxylic acid groups (broad SMARTS) is 1. The third-order valence-corrected chi connectivity index (χ3v) is 6.09. The highest BCUT2D eigenvalue weighted by Gasteiger charge is 2.20. The summed E-state index contributed by atoms with van der Waals surface area (Å²) < 4.78 is 3.66. The zero-order valence-electron chi connectivity index (χ0n) is 13.8. The summed E-state index contributed by atoms with van der Waals surface area (Å²) in [7, 11) is 6.57. The van der Waals surface area contributed by atoms with Crippen LogP contribution in [0.1, 0.15) is 11.4 Å². The van der Waals surface area contributed by atoms with Crippen LogP contribution in [0.4, 0.5) is 0 Å². The monoisotopic (exact) mass is 384 g/mol. The lowest BCUT2D eigenvalue weighted by molar-refractivity contribution is -0.138. The van der Waals surface area contributed by atoms with Crippen LogP contribution in [-0.4, -0.2) is 48.5 Å². The van der Waals surface area contributed by atoms with E-state index in [0.717, 1.165) is 15.7 Å². The van der Waals surface area contributed by atoms with E-state index in [0.29, 0.717) is 18.4 Å². The number of nitrogens with two attached hydrogens (primary N) is 2. The van der Waals surface area contributed by atoms with Crippen LogP contribution < -0.4 is 11.5 Å². The molecule has 0 bridgehead atoms. The maximum absolute atomic E-state index is 11.0. The van der Waals surface area contributed by atoms with Gasteiger partial charge in [0.25, 0.3) is 0 Å². The Morgan fingerprint density at radius 3 is 2.08 bits per heavy atom. The molecule has 11 heteroatoms. The first-order chi connectivity index (χ1) is 11.8. The quantitative estimate of drug-likeness (QED) is 0.401. The summed E-state index contributed by atoms with van der Waals surface area (Å²) >= 11 is 0. The van der Waals surface area contributed by atoms with Gasteiger partial charge in [-0.25, -0.2) is 9.97 Å². The van der Waals surface area contributed by atoms with Gasteiger partial charge < -0.3 is 30.5 Å². The van der Waals surface area contributed by atoms with Crippen molar-refractivity contribution < 1.29 is 14.7 Å². The molecule has 0 aliphatic heterocycles. The minimum atomic E-state index is -1.06. The van der Waals surface area contributed by atoms with E-state index < -0.39 is 18.1 Å². The molecule has 0 amide bonds. The molecule has 0 radical (unpaired) electrons. The number of imidazole rings is 2. The van der Waals surface area contributed by atoms with Gasteiger partial charge in [0.1, 0.15) is 22.4 Å². The van der Waals surface area contributed by atoms with Crippen LogP contribution in [0.15, 0.2) is 22.7 Å². The first kappa shape index (κ1) is 19.5. The van der Waals surface area contributed by atoms with Gasteiger partial charge in [-0.2, -0.15) is 0 Å². The molecule has 2 rings (SSSR count). The molecule has 0 aliphatic rings. The number of hydrogen-bond donors (Lipinski definition) is 3. The number of carbonyl (C=O) groups excluding carboxylic acids is 1. The number of nitrogens with zero attached hydrogens (tertiary/aromatic N) is 4. The second kappa shape index (κ2) is 8.52. The average Bonchev–Trinajstić information content (AvgIpc) is 3.08. The lowest BCUT2D eigenvalue weighted by Gasteiger charge is -2.09. The molecule has 0 spiro atoms. The average molecular weight is 384 g/mol. The van der Waals surface area contributed by atoms with Crippen molar-refractivity contribution in [3.8, 4) is 0 Å². The smallest absolute Gasteiger partial charge is 0.320 e. The lowest BCUT2D eigenvalue weighted by atomic mass is 10.2. The Labute approximate surface area is 152 Å². The van der Waals surface area contributed by atoms with E-state index in [-0.39, 0.29) is 6.42 Å². The number of aldehydes is 1. The Balaban J connectivity index is 2.14. The first-order valence-electron chi connectivity index (χ1n) is 7.37. The van der Waals surface area contributed by atoms with Crippen molar-refractivity contribution in [2.24, 2.45) is 25.6 Å². The Bertz CT molecular complexity index is 760. The van der Waals surface area contributed by atoms with Crippen LogP contribution in [0, 0.1) is 0 Å². The normalized spacial score (nSPS) is 13.6. The van der Waals surface area contributed by atoms with Crippen LogP contribution in [0.2, 0.25) is 0 Å². The minimum Gasteiger partial charge on any atom is -0.480 e. The maximum Gasteiger partial charge on any atom is 0.320 e. The van der Waals surface area contributed by atoms with Crippen LogP contribution in [0.5, 0.6) is 0 Å². The number of hydrogen-bond acceptors (Lipinski definition) is 8. The van der Waals surface area contributed by atoms with Gasteiger partial charge in [0.2, 0.25) is 0 Å². The van der Waals surface area contributed by atoms with Gasteiger partial charge in [-0.3, -0.25) is 4.79 Å². The van der Waals surface area contributed by atoms with Crippen LogP contribution in [0.3, 0.4) is 0 Å². The molecular formula is C14H20N6O3S2. The van der Waals surface area contributed by atoms with Crippen LogP contribution in [0.25, 0.3) is 0 Å². The SMILES string of the molecule is Cn1cnc(CC(N)C=O)c1SSc1c(CC(N)C(=O)O)ncn1C. The third-order valence-electron chi connectivity index (χ3n) is 3.44. The maximum atomic E-state index is 11.0. The van der Waals surface area contributed by atoms with Gasteiger partial charge in [0, 0.05) is 26.9 Å². The van der Waals surface area contributed by atoms with Crippen molar-refractivity contribution in [2.45, 2.75) is 35.0 Å². The zero-order chi connectivity index (χ0) is 18.6. The molecule has 5 N–H and O–H groups in total. The molecular weight excluding hydrogens is 364 g/mol. The molecule has 136 valence electrons. The van der Waals surface area contributed by atoms with E-state index in [9.17, 15) is 9.59 Å². The Hall–Kier alpha value is -1.82. The molecule has 2 unspecified atom stereocenters. The molecule has 0 aliphatic carbocycles. The van der Waals surface area contributed by atoms with E-state index >= 15 is 0 Å². The second-order valence-electron chi connectivity index (χ2n) is 5.53. The molecule has 2 aromatic rings. The highest BCUT2D eigenvalue weighted by atomic mass is 33.1. The number of carboxylic acids is 1. The Morgan fingerprint density at radius 1 is 1.16 bits per heavy atom. The van der Waals surface area contributed by atoms with E-state index in [1.54, 1.807) is 12.7 Å². The van der Waals surface area contributed by atoms with Crippen molar-refractivity contribution in [1.29, 1.82) is 0 Å². The summed E-state index contributed by atoms with van der Waals surface area (Å²) in [5, 5.41) is 10.7. The first-order valence-corrected chi connectivity index (χ1v) is 9.52. The third kappa shape index (κ3) is 4.84. The predicted molar refractivity (Wildman–Crippen MR) is 95.2 cm³/mol. The summed E-state index contributed by atoms with van der Waals surface area (Å²) in [5.74, 6) is -1.06. The van der Waals surface area contributed by atoms with E-state index in [2.05, 4.69) is 9.97 Å². The second-order valence-corrected chi connectivity index (χ2v) is 7.64. The van der Waals surface area contributed by atoms with Crippen molar-refractivity contribution in [1.82, 2.24) is 19.1 Å². The fourth-order valence-corrected chi connectivity index (χ4v) is 4.78. The summed E-state index contributed by atoms with van der Waals surface area (Å²) in [4.78, 5) is 30.3. The highest BCUT2D eigenvalue weighted by molar-refractivity contribution is 8.76. The molecule has 0 aromatic carbocycles. The number of rotatable bonds is 9. The van der Waals surface area contributed by atoms with Gasteiger partial charge in [0.15, 0.2) is 0 Å². The Morgan fingerprint density at radius 2 is 1.64 bits per heavy atom. The molecule has 0 saturated heterocycles. The van der Waals surface area contributed by atoms with Crippen molar-refractivity contribution in [3.05, 3.63) is 24.0 Å². The number of carbonyl (C=O) groups is 2. The van der Waals surface area contributed by atoms with Crippen LogP contribution >= 0.6 is 21.6 Å². The highest BCUT2D eigenvalue weighted by Crippen LogP contribution is 2.40. The van der Waals surface area contributed by atoms with E-state index in [4.69, 9.17) is 16.6 Å². The molecule has 25 heavy (non-hydrogen) atoms.